The van der Waals surface area contributed by atoms with E-state index in [0.29, 0.717) is 0 Å². The zero-order valence-corrected chi connectivity index (χ0v) is 12.8. The van der Waals surface area contributed by atoms with Crippen LogP contribution >= 0.6 is 0 Å². The molecule has 1 heterocycles. The number of benzene rings is 1. The van der Waals surface area contributed by atoms with Gasteiger partial charge in [0.15, 0.2) is 0 Å². The van der Waals surface area contributed by atoms with E-state index in [0.717, 1.165) is 30.5 Å². The van der Waals surface area contributed by atoms with Crippen LogP contribution in [-0.2, 0) is 23.0 Å². The van der Waals surface area contributed by atoms with Crippen molar-refractivity contribution in [2.75, 3.05) is 13.6 Å². The Bertz CT molecular complexity index is 634. The molecule has 0 saturated carbocycles. The van der Waals surface area contributed by atoms with E-state index < -0.39 is 10.0 Å². The summed E-state index contributed by atoms with van der Waals surface area (Å²) in [5.41, 5.74) is 1.93. The summed E-state index contributed by atoms with van der Waals surface area (Å²) >= 11 is 0. The van der Waals surface area contributed by atoms with Gasteiger partial charge in [0, 0.05) is 12.1 Å². The van der Waals surface area contributed by atoms with Gasteiger partial charge in [0.2, 0.25) is 10.0 Å². The predicted octanol–water partition coefficient (Wildman–Crippen LogP) is 1.91. The lowest BCUT2D eigenvalue weighted by Crippen LogP contribution is -2.23. The van der Waals surface area contributed by atoms with Crippen molar-refractivity contribution in [3.05, 3.63) is 54.0 Å². The van der Waals surface area contributed by atoms with Gasteiger partial charge < -0.3 is 9.73 Å². The smallest absolute Gasteiger partial charge is 0.240 e. The molecule has 2 N–H and O–H groups in total. The fourth-order valence-corrected chi connectivity index (χ4v) is 2.98. The van der Waals surface area contributed by atoms with Gasteiger partial charge in [-0.2, -0.15) is 0 Å². The van der Waals surface area contributed by atoms with Gasteiger partial charge in [-0.15, -0.1) is 0 Å². The largest absolute Gasteiger partial charge is 0.472 e. The second-order valence-electron chi connectivity index (χ2n) is 4.81. The van der Waals surface area contributed by atoms with Crippen molar-refractivity contribution in [1.29, 1.82) is 0 Å². The number of furan rings is 1. The molecule has 0 aliphatic carbocycles. The lowest BCUT2D eigenvalue weighted by Gasteiger charge is -2.07. The van der Waals surface area contributed by atoms with Crippen LogP contribution in [0.2, 0.25) is 0 Å². The Hall–Kier alpha value is -1.63. The van der Waals surface area contributed by atoms with Crippen molar-refractivity contribution in [3.63, 3.8) is 0 Å². The van der Waals surface area contributed by atoms with Crippen LogP contribution in [0.1, 0.15) is 17.5 Å². The van der Waals surface area contributed by atoms with E-state index in [9.17, 15) is 8.42 Å². The third-order valence-corrected chi connectivity index (χ3v) is 4.59. The Kier molecular flexibility index (Phi) is 5.55. The molecule has 0 aliphatic heterocycles. The fourth-order valence-electron chi connectivity index (χ4n) is 1.96. The van der Waals surface area contributed by atoms with Gasteiger partial charge in [-0.25, -0.2) is 13.1 Å². The maximum absolute atomic E-state index is 12.1. The predicted molar refractivity (Wildman–Crippen MR) is 81.4 cm³/mol. The van der Waals surface area contributed by atoms with Gasteiger partial charge in [-0.05, 0) is 50.2 Å². The lowest BCUT2D eigenvalue weighted by atomic mass is 10.1. The first-order valence-corrected chi connectivity index (χ1v) is 8.34. The highest BCUT2D eigenvalue weighted by molar-refractivity contribution is 7.89. The Morgan fingerprint density at radius 1 is 1.10 bits per heavy atom. The van der Waals surface area contributed by atoms with Gasteiger partial charge in [-0.1, -0.05) is 12.1 Å². The second kappa shape index (κ2) is 7.40. The monoisotopic (exact) mass is 308 g/mol. The minimum atomic E-state index is -3.48. The standard InChI is InChI=1S/C15H20N2O3S/c1-16-9-2-3-13-4-6-15(7-5-13)21(18,19)17-11-14-8-10-20-12-14/h4-8,10,12,16-17H,2-3,9,11H2,1H3. The van der Waals surface area contributed by atoms with Crippen molar-refractivity contribution in [1.82, 2.24) is 10.0 Å². The molecule has 0 radical (unpaired) electrons. The maximum atomic E-state index is 12.1. The summed E-state index contributed by atoms with van der Waals surface area (Å²) in [6.07, 6.45) is 5.00. The van der Waals surface area contributed by atoms with Crippen LogP contribution in [0.3, 0.4) is 0 Å². The Morgan fingerprint density at radius 3 is 2.48 bits per heavy atom. The molecule has 1 aromatic heterocycles. The summed E-state index contributed by atoms with van der Waals surface area (Å²) in [7, 11) is -1.56. The summed E-state index contributed by atoms with van der Waals surface area (Å²) in [5.74, 6) is 0. The van der Waals surface area contributed by atoms with E-state index >= 15 is 0 Å². The van der Waals surface area contributed by atoms with Gasteiger partial charge in [0.1, 0.15) is 0 Å². The average molecular weight is 308 g/mol. The Morgan fingerprint density at radius 2 is 1.86 bits per heavy atom. The molecular weight excluding hydrogens is 288 g/mol. The molecule has 0 aliphatic rings. The minimum absolute atomic E-state index is 0.225. The van der Waals surface area contributed by atoms with E-state index in [2.05, 4.69) is 10.0 Å². The zero-order valence-electron chi connectivity index (χ0n) is 12.0. The van der Waals surface area contributed by atoms with Crippen LogP contribution in [0.4, 0.5) is 0 Å². The molecule has 0 saturated heterocycles. The number of nitrogens with one attached hydrogen (secondary N) is 2. The minimum Gasteiger partial charge on any atom is -0.472 e. The van der Waals surface area contributed by atoms with Crippen LogP contribution in [0.5, 0.6) is 0 Å². The SMILES string of the molecule is CNCCCc1ccc(S(=O)(=O)NCc2ccoc2)cc1. The van der Waals surface area contributed by atoms with Crippen molar-refractivity contribution >= 4 is 10.0 Å². The van der Waals surface area contributed by atoms with E-state index in [1.54, 1.807) is 18.2 Å². The van der Waals surface area contributed by atoms with Crippen molar-refractivity contribution in [2.45, 2.75) is 24.3 Å². The first-order chi connectivity index (χ1) is 10.1. The third-order valence-electron chi connectivity index (χ3n) is 3.17. The second-order valence-corrected chi connectivity index (χ2v) is 6.57. The molecule has 0 bridgehead atoms. The highest BCUT2D eigenvalue weighted by Gasteiger charge is 2.13. The lowest BCUT2D eigenvalue weighted by molar-refractivity contribution is 0.561. The van der Waals surface area contributed by atoms with Crippen LogP contribution < -0.4 is 10.0 Å². The van der Waals surface area contributed by atoms with Crippen LogP contribution in [0, 0.1) is 0 Å². The maximum Gasteiger partial charge on any atom is 0.240 e. The van der Waals surface area contributed by atoms with Crippen molar-refractivity contribution in [3.8, 4) is 0 Å². The molecule has 21 heavy (non-hydrogen) atoms. The van der Waals surface area contributed by atoms with Crippen molar-refractivity contribution < 1.29 is 12.8 Å². The van der Waals surface area contributed by atoms with Gasteiger partial charge in [0.25, 0.3) is 0 Å². The molecule has 2 aromatic rings. The number of rotatable bonds is 8. The third kappa shape index (κ3) is 4.70. The fraction of sp³-hybridized carbons (Fsp3) is 0.333. The summed E-state index contributed by atoms with van der Waals surface area (Å²) < 4.78 is 31.8. The van der Waals surface area contributed by atoms with Crippen LogP contribution in [0.25, 0.3) is 0 Å². The molecule has 0 fully saturated rings. The quantitative estimate of drug-likeness (QED) is 0.731. The number of hydrogen-bond acceptors (Lipinski definition) is 4. The molecule has 0 spiro atoms. The highest BCUT2D eigenvalue weighted by Crippen LogP contribution is 2.12. The van der Waals surface area contributed by atoms with Crippen LogP contribution in [-0.4, -0.2) is 22.0 Å². The molecule has 6 heteroatoms. The summed E-state index contributed by atoms with van der Waals surface area (Å²) in [6.45, 7) is 1.18. The molecule has 0 atom stereocenters. The van der Waals surface area contributed by atoms with E-state index in [1.165, 1.54) is 12.5 Å². The molecule has 0 unspecified atom stereocenters. The first-order valence-electron chi connectivity index (χ1n) is 6.86. The summed E-state index contributed by atoms with van der Waals surface area (Å²) in [4.78, 5) is 0.281. The number of aryl methyl sites for hydroxylation is 1. The van der Waals surface area contributed by atoms with E-state index in [-0.39, 0.29) is 11.4 Å². The highest BCUT2D eigenvalue weighted by atomic mass is 32.2. The summed E-state index contributed by atoms with van der Waals surface area (Å²) in [5, 5.41) is 3.09. The van der Waals surface area contributed by atoms with Gasteiger partial charge in [-0.3, -0.25) is 0 Å². The summed E-state index contributed by atoms with van der Waals surface area (Å²) in [6, 6.07) is 8.75. The van der Waals surface area contributed by atoms with E-state index in [4.69, 9.17) is 4.42 Å². The average Bonchev–Trinajstić information content (AvgIpc) is 3.00. The number of sulfonamides is 1. The van der Waals surface area contributed by atoms with E-state index in [1.807, 2.05) is 19.2 Å². The Balaban J connectivity index is 1.96. The molecule has 5 nitrogen and oxygen atoms in total. The molecular formula is C15H20N2O3S. The normalized spacial score (nSPS) is 11.7. The van der Waals surface area contributed by atoms with Gasteiger partial charge in [0.05, 0.1) is 17.4 Å². The molecule has 0 amide bonds. The molecule has 1 aromatic carbocycles. The van der Waals surface area contributed by atoms with Crippen molar-refractivity contribution in [2.24, 2.45) is 0 Å². The topological polar surface area (TPSA) is 71.3 Å². The molecule has 2 rings (SSSR count). The molecule has 114 valence electrons. The van der Waals surface area contributed by atoms with Crippen LogP contribution in [0.15, 0.2) is 52.2 Å². The van der Waals surface area contributed by atoms with Gasteiger partial charge >= 0.3 is 0 Å². The zero-order chi connectivity index (χ0) is 15.1. The Labute approximate surface area is 125 Å². The first kappa shape index (κ1) is 15.8. The number of hydrogen-bond donors (Lipinski definition) is 2.